The van der Waals surface area contributed by atoms with Crippen LogP contribution in [0.3, 0.4) is 0 Å². The van der Waals surface area contributed by atoms with E-state index in [0.717, 1.165) is 34.5 Å². The Labute approximate surface area is 124 Å². The number of primary amides is 1. The number of nitrogens with zero attached hydrogens (tertiary/aromatic N) is 1. The molecule has 7 heteroatoms. The van der Waals surface area contributed by atoms with E-state index in [2.05, 4.69) is 21.2 Å². The molecule has 0 spiro atoms. The summed E-state index contributed by atoms with van der Waals surface area (Å²) in [5.41, 5.74) is 5.09. The van der Waals surface area contributed by atoms with Crippen molar-refractivity contribution in [2.45, 2.75) is 25.3 Å². The minimum absolute atomic E-state index is 0.0340. The highest BCUT2D eigenvalue weighted by Crippen LogP contribution is 2.26. The third-order valence-corrected chi connectivity index (χ3v) is 4.80. The maximum absolute atomic E-state index is 12.4. The zero-order valence-corrected chi connectivity index (χ0v) is 12.8. The summed E-state index contributed by atoms with van der Waals surface area (Å²) < 4.78 is 0.944. The summed E-state index contributed by atoms with van der Waals surface area (Å²) >= 11 is 4.79. The fourth-order valence-corrected chi connectivity index (χ4v) is 3.61. The number of halogens is 1. The van der Waals surface area contributed by atoms with Crippen molar-refractivity contribution in [2.75, 3.05) is 13.1 Å². The molecule has 0 radical (unpaired) electrons. The lowest BCUT2D eigenvalue weighted by Crippen LogP contribution is -2.50. The fourth-order valence-electron chi connectivity index (χ4n) is 2.27. The van der Waals surface area contributed by atoms with Crippen LogP contribution in [0.1, 0.15) is 28.9 Å². The number of likely N-dealkylation sites (tertiary alicyclic amines) is 1. The van der Waals surface area contributed by atoms with E-state index in [1.54, 1.807) is 0 Å². The fraction of sp³-hybridized carbons (Fsp3) is 0.500. The number of hydrogen-bond donors (Lipinski definition) is 2. The molecule has 2 heterocycles. The van der Waals surface area contributed by atoms with Crippen molar-refractivity contribution >= 4 is 39.2 Å². The molecule has 0 saturated carbocycles. The van der Waals surface area contributed by atoms with Crippen molar-refractivity contribution in [1.29, 1.82) is 0 Å². The van der Waals surface area contributed by atoms with Crippen LogP contribution in [0.5, 0.6) is 0 Å². The highest BCUT2D eigenvalue weighted by atomic mass is 79.9. The second kappa shape index (κ2) is 6.38. The van der Waals surface area contributed by atoms with Gasteiger partial charge in [0.2, 0.25) is 0 Å². The molecule has 3 N–H and O–H groups in total. The molecule has 0 unspecified atom stereocenters. The Morgan fingerprint density at radius 2 is 2.26 bits per heavy atom. The first-order chi connectivity index (χ1) is 9.08. The number of carbonyl (C=O) groups excluding carboxylic acids is 2. The van der Waals surface area contributed by atoms with E-state index in [-0.39, 0.29) is 11.9 Å². The van der Waals surface area contributed by atoms with Gasteiger partial charge in [0, 0.05) is 19.1 Å². The normalized spacial score (nSPS) is 19.2. The zero-order valence-electron chi connectivity index (χ0n) is 10.4. The first kappa shape index (κ1) is 14.3. The van der Waals surface area contributed by atoms with Crippen LogP contribution in [0.2, 0.25) is 0 Å². The number of nitrogens with one attached hydrogen (secondary N) is 1. The quantitative estimate of drug-likeness (QED) is 0.880. The van der Waals surface area contributed by atoms with Crippen molar-refractivity contribution in [3.8, 4) is 0 Å². The first-order valence-electron chi connectivity index (χ1n) is 6.17. The topological polar surface area (TPSA) is 75.4 Å². The average Bonchev–Trinajstić information content (AvgIpc) is 2.82. The molecule has 1 aromatic heterocycles. The average molecular weight is 346 g/mol. The Morgan fingerprint density at radius 1 is 1.47 bits per heavy atom. The van der Waals surface area contributed by atoms with E-state index >= 15 is 0 Å². The lowest BCUT2D eigenvalue weighted by atomic mass is 10.0. The number of amides is 3. The zero-order chi connectivity index (χ0) is 13.8. The Bertz CT molecular complexity index is 477. The van der Waals surface area contributed by atoms with E-state index in [1.807, 2.05) is 17.0 Å². The minimum atomic E-state index is -0.545. The molecule has 1 atom stereocenters. The van der Waals surface area contributed by atoms with Crippen LogP contribution in [-0.4, -0.2) is 36.0 Å². The Balaban J connectivity index is 2.06. The van der Waals surface area contributed by atoms with Crippen LogP contribution in [0.4, 0.5) is 4.79 Å². The molecule has 0 aliphatic carbocycles. The molecule has 1 aliphatic heterocycles. The van der Waals surface area contributed by atoms with E-state index in [0.29, 0.717) is 6.54 Å². The molecule has 3 amide bonds. The summed E-state index contributed by atoms with van der Waals surface area (Å²) in [5, 5.41) is 2.60. The van der Waals surface area contributed by atoms with E-state index in [1.165, 1.54) is 11.3 Å². The number of rotatable bonds is 3. The number of hydrogen-bond acceptors (Lipinski definition) is 3. The van der Waals surface area contributed by atoms with E-state index in [4.69, 9.17) is 5.73 Å². The van der Waals surface area contributed by atoms with Crippen LogP contribution in [-0.2, 0) is 0 Å². The molecule has 0 bridgehead atoms. The summed E-state index contributed by atoms with van der Waals surface area (Å²) in [6.07, 6.45) is 2.98. The van der Waals surface area contributed by atoms with Gasteiger partial charge in [-0.1, -0.05) is 0 Å². The van der Waals surface area contributed by atoms with Crippen molar-refractivity contribution in [2.24, 2.45) is 5.73 Å². The van der Waals surface area contributed by atoms with Gasteiger partial charge in [-0.05, 0) is 47.3 Å². The molecule has 5 nitrogen and oxygen atoms in total. The monoisotopic (exact) mass is 345 g/mol. The van der Waals surface area contributed by atoms with Gasteiger partial charge >= 0.3 is 6.03 Å². The van der Waals surface area contributed by atoms with Gasteiger partial charge in [-0.3, -0.25) is 4.79 Å². The summed E-state index contributed by atoms with van der Waals surface area (Å²) in [6, 6.07) is 3.19. The van der Waals surface area contributed by atoms with Crippen LogP contribution < -0.4 is 11.1 Å². The lowest BCUT2D eigenvalue weighted by molar-refractivity contribution is 0.0620. The predicted molar refractivity (Wildman–Crippen MR) is 78.3 cm³/mol. The second-order valence-corrected chi connectivity index (χ2v) is 6.96. The van der Waals surface area contributed by atoms with Crippen molar-refractivity contribution in [3.05, 3.63) is 20.8 Å². The second-order valence-electron chi connectivity index (χ2n) is 4.50. The van der Waals surface area contributed by atoms with E-state index in [9.17, 15) is 9.59 Å². The van der Waals surface area contributed by atoms with Gasteiger partial charge in [-0.25, -0.2) is 4.79 Å². The van der Waals surface area contributed by atoms with Crippen LogP contribution in [0.15, 0.2) is 15.9 Å². The minimum Gasteiger partial charge on any atom is -0.352 e. The summed E-state index contributed by atoms with van der Waals surface area (Å²) in [6.45, 7) is 1.16. The number of urea groups is 1. The van der Waals surface area contributed by atoms with Gasteiger partial charge in [-0.15, -0.1) is 11.3 Å². The van der Waals surface area contributed by atoms with Crippen molar-refractivity contribution in [3.63, 3.8) is 0 Å². The molecule has 19 heavy (non-hydrogen) atoms. The molecule has 0 aromatic carbocycles. The predicted octanol–water partition coefficient (Wildman–Crippen LogP) is 2.17. The molecule has 1 fully saturated rings. The highest BCUT2D eigenvalue weighted by molar-refractivity contribution is 9.11. The molecular formula is C12H16BrN3O2S. The number of carbonyl (C=O) groups is 2. The van der Waals surface area contributed by atoms with Gasteiger partial charge in [0.25, 0.3) is 5.91 Å². The Morgan fingerprint density at radius 3 is 2.89 bits per heavy atom. The van der Waals surface area contributed by atoms with Crippen molar-refractivity contribution < 1.29 is 9.59 Å². The molecule has 104 valence electrons. The Kier molecular flexibility index (Phi) is 4.81. The van der Waals surface area contributed by atoms with Gasteiger partial charge in [0.05, 0.1) is 8.66 Å². The molecule has 1 saturated heterocycles. The lowest BCUT2D eigenvalue weighted by Gasteiger charge is -2.35. The molecule has 1 aromatic rings. The van der Waals surface area contributed by atoms with E-state index < -0.39 is 6.03 Å². The smallest absolute Gasteiger partial charge is 0.312 e. The van der Waals surface area contributed by atoms with Gasteiger partial charge in [0.15, 0.2) is 0 Å². The molecular weight excluding hydrogens is 330 g/mol. The summed E-state index contributed by atoms with van der Waals surface area (Å²) in [5.74, 6) is 0.0340. The van der Waals surface area contributed by atoms with Gasteiger partial charge < -0.3 is 16.0 Å². The van der Waals surface area contributed by atoms with Crippen LogP contribution in [0.25, 0.3) is 0 Å². The standard InChI is InChI=1S/C12H16BrN3O2S/c13-10-5-4-9(19-10)11(17)16-6-2-1-3-8(16)7-15-12(14)18/h4-5,8H,1-3,6-7H2,(H3,14,15,18)/t8-/m1/s1. The SMILES string of the molecule is NC(=O)NC[C@H]1CCCCN1C(=O)c1ccc(Br)s1. The third-order valence-electron chi connectivity index (χ3n) is 3.18. The first-order valence-corrected chi connectivity index (χ1v) is 7.78. The van der Waals surface area contributed by atoms with Crippen LogP contribution >= 0.6 is 27.3 Å². The Hall–Kier alpha value is -1.08. The van der Waals surface area contributed by atoms with Crippen LogP contribution in [0, 0.1) is 0 Å². The van der Waals surface area contributed by atoms with Gasteiger partial charge in [-0.2, -0.15) is 0 Å². The largest absolute Gasteiger partial charge is 0.352 e. The molecule has 2 rings (SSSR count). The maximum Gasteiger partial charge on any atom is 0.312 e. The number of piperidine rings is 1. The number of nitrogens with two attached hydrogens (primary N) is 1. The van der Waals surface area contributed by atoms with Gasteiger partial charge in [0.1, 0.15) is 0 Å². The summed E-state index contributed by atoms with van der Waals surface area (Å²) in [7, 11) is 0. The number of thiophene rings is 1. The third kappa shape index (κ3) is 3.70. The highest BCUT2D eigenvalue weighted by Gasteiger charge is 2.28. The van der Waals surface area contributed by atoms with Crippen molar-refractivity contribution in [1.82, 2.24) is 10.2 Å². The maximum atomic E-state index is 12.4. The summed E-state index contributed by atoms with van der Waals surface area (Å²) in [4.78, 5) is 25.8. The molecule has 1 aliphatic rings.